The second-order valence-electron chi connectivity index (χ2n) is 6.27. The van der Waals surface area contributed by atoms with Gasteiger partial charge >= 0.3 is 5.97 Å². The van der Waals surface area contributed by atoms with Crippen molar-refractivity contribution in [1.29, 1.82) is 0 Å². The van der Waals surface area contributed by atoms with Crippen LogP contribution in [0.3, 0.4) is 0 Å². The largest absolute Gasteiger partial charge is 0.469 e. The second kappa shape index (κ2) is 8.43. The molecule has 1 heterocycles. The third-order valence-corrected chi connectivity index (χ3v) is 4.39. The van der Waals surface area contributed by atoms with Crippen LogP contribution in [-0.4, -0.2) is 18.1 Å². The van der Waals surface area contributed by atoms with Crippen LogP contribution in [0.25, 0.3) is 10.9 Å². The molecule has 0 saturated heterocycles. The zero-order valence-electron chi connectivity index (χ0n) is 14.6. The van der Waals surface area contributed by atoms with Crippen molar-refractivity contribution in [2.24, 2.45) is 0 Å². The fourth-order valence-corrected chi connectivity index (χ4v) is 2.94. The Labute approximate surface area is 148 Å². The standard InChI is InChI=1S/C22H23NO2/c1-25-22(24)9-5-2-6-17-10-12-18(13-11-17)16-20-15-14-19-7-3-4-8-21(19)23-20/h3-4,7-8,10-15H,2,5-6,9,16H2,1H3. The van der Waals surface area contributed by atoms with E-state index in [9.17, 15) is 4.79 Å². The number of unbranched alkanes of at least 4 members (excludes halogenated alkanes) is 1. The molecule has 1 aromatic heterocycles. The molecular weight excluding hydrogens is 310 g/mol. The average molecular weight is 333 g/mol. The molecule has 0 radical (unpaired) electrons. The summed E-state index contributed by atoms with van der Waals surface area (Å²) in [5.41, 5.74) is 4.70. The van der Waals surface area contributed by atoms with Gasteiger partial charge in [0, 0.05) is 23.9 Å². The van der Waals surface area contributed by atoms with Gasteiger partial charge in [0.1, 0.15) is 0 Å². The summed E-state index contributed by atoms with van der Waals surface area (Å²) in [4.78, 5) is 15.8. The van der Waals surface area contributed by atoms with Crippen molar-refractivity contribution in [1.82, 2.24) is 4.98 Å². The summed E-state index contributed by atoms with van der Waals surface area (Å²) in [7, 11) is 1.44. The fourth-order valence-electron chi connectivity index (χ4n) is 2.94. The molecule has 0 aliphatic carbocycles. The number of hydrogen-bond donors (Lipinski definition) is 0. The number of para-hydroxylation sites is 1. The highest BCUT2D eigenvalue weighted by Gasteiger charge is 2.02. The van der Waals surface area contributed by atoms with Crippen molar-refractivity contribution in [3.05, 3.63) is 77.5 Å². The van der Waals surface area contributed by atoms with Crippen molar-refractivity contribution in [3.8, 4) is 0 Å². The molecule has 3 heteroatoms. The molecule has 0 aliphatic rings. The highest BCUT2D eigenvalue weighted by Crippen LogP contribution is 2.16. The summed E-state index contributed by atoms with van der Waals surface area (Å²) in [6.07, 6.45) is 4.21. The van der Waals surface area contributed by atoms with Crippen molar-refractivity contribution >= 4 is 16.9 Å². The Bertz CT molecular complexity index is 840. The maximum Gasteiger partial charge on any atom is 0.305 e. The molecule has 0 saturated carbocycles. The summed E-state index contributed by atoms with van der Waals surface area (Å²) in [6, 6.07) is 21.1. The van der Waals surface area contributed by atoms with E-state index in [1.54, 1.807) is 0 Å². The number of methoxy groups -OCH3 is 1. The number of rotatable bonds is 7. The van der Waals surface area contributed by atoms with E-state index in [4.69, 9.17) is 4.98 Å². The first-order valence-corrected chi connectivity index (χ1v) is 8.74. The van der Waals surface area contributed by atoms with Gasteiger partial charge in [-0.15, -0.1) is 0 Å². The second-order valence-corrected chi connectivity index (χ2v) is 6.27. The van der Waals surface area contributed by atoms with E-state index in [1.165, 1.54) is 23.6 Å². The lowest BCUT2D eigenvalue weighted by atomic mass is 10.0. The molecule has 0 fully saturated rings. The van der Waals surface area contributed by atoms with E-state index in [-0.39, 0.29) is 5.97 Å². The molecule has 0 unspecified atom stereocenters. The Morgan fingerprint density at radius 1 is 0.920 bits per heavy atom. The molecule has 0 atom stereocenters. The van der Waals surface area contributed by atoms with Crippen molar-refractivity contribution in [2.45, 2.75) is 32.1 Å². The molecule has 3 nitrogen and oxygen atoms in total. The van der Waals surface area contributed by atoms with Gasteiger partial charge in [0.15, 0.2) is 0 Å². The van der Waals surface area contributed by atoms with Crippen LogP contribution in [0.15, 0.2) is 60.7 Å². The quantitative estimate of drug-likeness (QED) is 0.464. The number of ether oxygens (including phenoxy) is 1. The molecule has 0 spiro atoms. The highest BCUT2D eigenvalue weighted by atomic mass is 16.5. The molecule has 25 heavy (non-hydrogen) atoms. The Morgan fingerprint density at radius 3 is 2.48 bits per heavy atom. The minimum absolute atomic E-state index is 0.127. The van der Waals surface area contributed by atoms with Crippen LogP contribution in [0, 0.1) is 0 Å². The lowest BCUT2D eigenvalue weighted by Gasteiger charge is -2.06. The normalized spacial score (nSPS) is 10.8. The highest BCUT2D eigenvalue weighted by molar-refractivity contribution is 5.78. The smallest absolute Gasteiger partial charge is 0.305 e. The predicted molar refractivity (Wildman–Crippen MR) is 101 cm³/mol. The van der Waals surface area contributed by atoms with Crippen LogP contribution in [0.2, 0.25) is 0 Å². The summed E-state index contributed by atoms with van der Waals surface area (Å²) in [5.74, 6) is -0.127. The number of carbonyl (C=O) groups excluding carboxylic acids is 1. The summed E-state index contributed by atoms with van der Waals surface area (Å²) < 4.78 is 4.66. The Morgan fingerprint density at radius 2 is 1.68 bits per heavy atom. The van der Waals surface area contributed by atoms with Gasteiger partial charge in [-0.05, 0) is 42.5 Å². The molecule has 0 bridgehead atoms. The van der Waals surface area contributed by atoms with Gasteiger partial charge in [-0.25, -0.2) is 0 Å². The molecule has 3 rings (SSSR count). The number of fused-ring (bicyclic) bond motifs is 1. The number of aromatic nitrogens is 1. The number of pyridine rings is 1. The van der Waals surface area contributed by atoms with E-state index < -0.39 is 0 Å². The predicted octanol–water partition coefficient (Wildman–Crippen LogP) is 4.71. The maximum atomic E-state index is 11.1. The third kappa shape index (κ3) is 4.90. The molecule has 2 aromatic carbocycles. The van der Waals surface area contributed by atoms with E-state index in [2.05, 4.69) is 53.3 Å². The van der Waals surface area contributed by atoms with Crippen LogP contribution < -0.4 is 0 Å². The number of esters is 1. The maximum absolute atomic E-state index is 11.1. The zero-order chi connectivity index (χ0) is 17.5. The van der Waals surface area contributed by atoms with Crippen LogP contribution >= 0.6 is 0 Å². The minimum Gasteiger partial charge on any atom is -0.469 e. The fraction of sp³-hybridized carbons (Fsp3) is 0.273. The van der Waals surface area contributed by atoms with Crippen molar-refractivity contribution < 1.29 is 9.53 Å². The minimum atomic E-state index is -0.127. The Kier molecular flexibility index (Phi) is 5.78. The van der Waals surface area contributed by atoms with E-state index in [0.717, 1.165) is 36.9 Å². The summed E-state index contributed by atoms with van der Waals surface area (Å²) >= 11 is 0. The van der Waals surface area contributed by atoms with E-state index >= 15 is 0 Å². The van der Waals surface area contributed by atoms with Gasteiger partial charge in [0.2, 0.25) is 0 Å². The van der Waals surface area contributed by atoms with Gasteiger partial charge in [0.25, 0.3) is 0 Å². The summed E-state index contributed by atoms with van der Waals surface area (Å²) in [5, 5.41) is 1.17. The van der Waals surface area contributed by atoms with Gasteiger partial charge in [-0.3, -0.25) is 9.78 Å². The number of hydrogen-bond acceptors (Lipinski definition) is 3. The molecule has 128 valence electrons. The third-order valence-electron chi connectivity index (χ3n) is 4.39. The molecule has 0 N–H and O–H groups in total. The van der Waals surface area contributed by atoms with Crippen molar-refractivity contribution in [3.63, 3.8) is 0 Å². The Hall–Kier alpha value is -2.68. The first-order valence-electron chi connectivity index (χ1n) is 8.74. The topological polar surface area (TPSA) is 39.2 Å². The SMILES string of the molecule is COC(=O)CCCCc1ccc(Cc2ccc3ccccc3n2)cc1. The molecule has 3 aromatic rings. The molecular formula is C22H23NO2. The number of carbonyl (C=O) groups is 1. The molecule has 0 amide bonds. The van der Waals surface area contributed by atoms with Crippen molar-refractivity contribution in [2.75, 3.05) is 7.11 Å². The van der Waals surface area contributed by atoms with Crippen LogP contribution in [0.1, 0.15) is 36.1 Å². The monoisotopic (exact) mass is 333 g/mol. The van der Waals surface area contributed by atoms with Crippen LogP contribution in [0.4, 0.5) is 0 Å². The number of benzene rings is 2. The summed E-state index contributed by atoms with van der Waals surface area (Å²) in [6.45, 7) is 0. The van der Waals surface area contributed by atoms with E-state index in [1.807, 2.05) is 12.1 Å². The van der Waals surface area contributed by atoms with Gasteiger partial charge in [0.05, 0.1) is 12.6 Å². The van der Waals surface area contributed by atoms with Gasteiger partial charge < -0.3 is 4.74 Å². The Balaban J connectivity index is 1.55. The lowest BCUT2D eigenvalue weighted by Crippen LogP contribution is -1.99. The lowest BCUT2D eigenvalue weighted by molar-refractivity contribution is -0.140. The number of aryl methyl sites for hydroxylation is 1. The number of nitrogens with zero attached hydrogens (tertiary/aromatic N) is 1. The molecule has 0 aliphatic heterocycles. The van der Waals surface area contributed by atoms with Gasteiger partial charge in [-0.2, -0.15) is 0 Å². The van der Waals surface area contributed by atoms with Gasteiger partial charge in [-0.1, -0.05) is 48.5 Å². The zero-order valence-corrected chi connectivity index (χ0v) is 14.6. The van der Waals surface area contributed by atoms with Crippen LogP contribution in [0.5, 0.6) is 0 Å². The van der Waals surface area contributed by atoms with Crippen LogP contribution in [-0.2, 0) is 22.4 Å². The first-order chi connectivity index (χ1) is 12.2. The average Bonchev–Trinajstić information content (AvgIpc) is 2.66. The van der Waals surface area contributed by atoms with E-state index in [0.29, 0.717) is 6.42 Å². The first kappa shape index (κ1) is 17.2.